The van der Waals surface area contributed by atoms with Crippen LogP contribution in [0, 0.1) is 0 Å². The van der Waals surface area contributed by atoms with E-state index >= 15 is 0 Å². The van der Waals surface area contributed by atoms with Crippen LogP contribution in [0.3, 0.4) is 0 Å². The minimum atomic E-state index is 0.154. The predicted molar refractivity (Wildman–Crippen MR) is 90.2 cm³/mol. The van der Waals surface area contributed by atoms with Crippen molar-refractivity contribution in [2.24, 2.45) is 0 Å². The summed E-state index contributed by atoms with van der Waals surface area (Å²) in [7, 11) is 0. The molecule has 0 atom stereocenters. The standard InChI is InChI=1S/C19H15NO2/c1-2-6-17(21)15-10-11-18-16(13-15)20-19(22-18)12-9-14-7-4-3-5-8-14/h2-13,21H,1H2/b12-9+,17-6-. The molecule has 3 heteroatoms. The van der Waals surface area contributed by atoms with Gasteiger partial charge >= 0.3 is 0 Å². The molecule has 3 nitrogen and oxygen atoms in total. The Labute approximate surface area is 128 Å². The van der Waals surface area contributed by atoms with Crippen molar-refractivity contribution >= 4 is 29.0 Å². The smallest absolute Gasteiger partial charge is 0.220 e. The summed E-state index contributed by atoms with van der Waals surface area (Å²) < 4.78 is 5.67. The highest BCUT2D eigenvalue weighted by Crippen LogP contribution is 2.21. The third-order valence-electron chi connectivity index (χ3n) is 3.19. The maximum atomic E-state index is 9.86. The lowest BCUT2D eigenvalue weighted by molar-refractivity contribution is 0.512. The second-order valence-corrected chi connectivity index (χ2v) is 4.77. The molecule has 0 aliphatic rings. The largest absolute Gasteiger partial charge is 0.507 e. The molecule has 1 aromatic heterocycles. The van der Waals surface area contributed by atoms with Gasteiger partial charge in [-0.25, -0.2) is 4.98 Å². The lowest BCUT2D eigenvalue weighted by atomic mass is 10.1. The van der Waals surface area contributed by atoms with Crippen molar-refractivity contribution in [1.29, 1.82) is 0 Å². The van der Waals surface area contributed by atoms with E-state index < -0.39 is 0 Å². The van der Waals surface area contributed by atoms with Crippen molar-refractivity contribution in [3.8, 4) is 0 Å². The summed E-state index contributed by atoms with van der Waals surface area (Å²) >= 11 is 0. The van der Waals surface area contributed by atoms with E-state index in [1.165, 1.54) is 12.2 Å². The summed E-state index contributed by atoms with van der Waals surface area (Å²) in [6.07, 6.45) is 6.85. The Bertz CT molecular complexity index is 858. The van der Waals surface area contributed by atoms with Gasteiger partial charge in [0.1, 0.15) is 11.3 Å². The molecule has 2 aromatic carbocycles. The van der Waals surface area contributed by atoms with Crippen LogP contribution in [-0.4, -0.2) is 10.1 Å². The van der Waals surface area contributed by atoms with Gasteiger partial charge in [0.2, 0.25) is 5.89 Å². The molecular formula is C19H15NO2. The van der Waals surface area contributed by atoms with Crippen LogP contribution in [0.15, 0.2) is 71.7 Å². The van der Waals surface area contributed by atoms with Crippen molar-refractivity contribution in [2.45, 2.75) is 0 Å². The van der Waals surface area contributed by atoms with Crippen LogP contribution in [0.5, 0.6) is 0 Å². The maximum Gasteiger partial charge on any atom is 0.220 e. The van der Waals surface area contributed by atoms with E-state index in [0.717, 1.165) is 5.56 Å². The number of aromatic nitrogens is 1. The van der Waals surface area contributed by atoms with Gasteiger partial charge < -0.3 is 9.52 Å². The zero-order valence-corrected chi connectivity index (χ0v) is 11.9. The number of hydrogen-bond donors (Lipinski definition) is 1. The number of allylic oxidation sites excluding steroid dienone is 2. The van der Waals surface area contributed by atoms with Gasteiger partial charge in [-0.15, -0.1) is 0 Å². The SMILES string of the molecule is C=C/C=C(\O)c1ccc2oc(/C=C/c3ccccc3)nc2c1. The van der Waals surface area contributed by atoms with Gasteiger partial charge in [0.05, 0.1) is 0 Å². The summed E-state index contributed by atoms with van der Waals surface area (Å²) in [6, 6.07) is 15.3. The number of aliphatic hydroxyl groups excluding tert-OH is 1. The van der Waals surface area contributed by atoms with Crippen LogP contribution < -0.4 is 0 Å². The number of hydrogen-bond acceptors (Lipinski definition) is 3. The van der Waals surface area contributed by atoms with Crippen LogP contribution >= 0.6 is 0 Å². The molecule has 3 aromatic rings. The predicted octanol–water partition coefficient (Wildman–Crippen LogP) is 5.08. The van der Waals surface area contributed by atoms with E-state index in [-0.39, 0.29) is 5.76 Å². The number of nitrogens with zero attached hydrogens (tertiary/aromatic N) is 1. The highest BCUT2D eigenvalue weighted by atomic mass is 16.3. The lowest BCUT2D eigenvalue weighted by Crippen LogP contribution is -1.81. The highest BCUT2D eigenvalue weighted by Gasteiger charge is 2.06. The Morgan fingerprint density at radius 1 is 1.09 bits per heavy atom. The average Bonchev–Trinajstić information content (AvgIpc) is 2.96. The molecule has 0 fully saturated rings. The zero-order chi connectivity index (χ0) is 15.4. The quantitative estimate of drug-likeness (QED) is 0.538. The number of aliphatic hydroxyl groups is 1. The topological polar surface area (TPSA) is 46.3 Å². The van der Waals surface area contributed by atoms with Crippen LogP contribution in [0.4, 0.5) is 0 Å². The van der Waals surface area contributed by atoms with Gasteiger partial charge in [0.15, 0.2) is 5.58 Å². The third kappa shape index (κ3) is 2.99. The van der Waals surface area contributed by atoms with Crippen molar-refractivity contribution in [2.75, 3.05) is 0 Å². The third-order valence-corrected chi connectivity index (χ3v) is 3.19. The number of rotatable bonds is 4. The molecule has 0 amide bonds. The Hall–Kier alpha value is -3.07. The summed E-state index contributed by atoms with van der Waals surface area (Å²) in [5, 5.41) is 9.86. The maximum absolute atomic E-state index is 9.86. The fraction of sp³-hybridized carbons (Fsp3) is 0. The van der Waals surface area contributed by atoms with E-state index in [1.807, 2.05) is 42.5 Å². The van der Waals surface area contributed by atoms with Crippen LogP contribution in [0.2, 0.25) is 0 Å². The molecule has 1 N–H and O–H groups in total. The molecule has 0 saturated carbocycles. The van der Waals surface area contributed by atoms with E-state index in [1.54, 1.807) is 18.2 Å². The molecule has 22 heavy (non-hydrogen) atoms. The Morgan fingerprint density at radius 2 is 1.91 bits per heavy atom. The Kier molecular flexibility index (Phi) is 3.88. The van der Waals surface area contributed by atoms with Crippen molar-refractivity contribution in [3.05, 3.63) is 84.3 Å². The van der Waals surface area contributed by atoms with Crippen molar-refractivity contribution in [3.63, 3.8) is 0 Å². The van der Waals surface area contributed by atoms with Crippen molar-refractivity contribution in [1.82, 2.24) is 4.98 Å². The molecule has 0 saturated heterocycles. The average molecular weight is 289 g/mol. The molecule has 3 rings (SSSR count). The summed E-state index contributed by atoms with van der Waals surface area (Å²) in [4.78, 5) is 4.41. The first kappa shape index (κ1) is 13.9. The number of oxazole rings is 1. The number of fused-ring (bicyclic) bond motifs is 1. The van der Waals surface area contributed by atoms with E-state index in [2.05, 4.69) is 11.6 Å². The van der Waals surface area contributed by atoms with E-state index in [9.17, 15) is 5.11 Å². The number of benzene rings is 2. The monoisotopic (exact) mass is 289 g/mol. The van der Waals surface area contributed by atoms with Gasteiger partial charge in [-0.2, -0.15) is 0 Å². The van der Waals surface area contributed by atoms with Gasteiger partial charge in [0.25, 0.3) is 0 Å². The van der Waals surface area contributed by atoms with Crippen LogP contribution in [0.1, 0.15) is 17.0 Å². The lowest BCUT2D eigenvalue weighted by Gasteiger charge is -1.97. The van der Waals surface area contributed by atoms with Crippen LogP contribution in [0.25, 0.3) is 29.0 Å². The first-order valence-electron chi connectivity index (χ1n) is 6.92. The minimum absolute atomic E-state index is 0.154. The van der Waals surface area contributed by atoms with Crippen LogP contribution in [-0.2, 0) is 0 Å². The molecule has 1 heterocycles. The summed E-state index contributed by atoms with van der Waals surface area (Å²) in [5.41, 5.74) is 3.15. The second-order valence-electron chi connectivity index (χ2n) is 4.77. The molecular weight excluding hydrogens is 274 g/mol. The molecule has 0 bridgehead atoms. The highest BCUT2D eigenvalue weighted by molar-refractivity contribution is 5.80. The fourth-order valence-electron chi connectivity index (χ4n) is 2.12. The van der Waals surface area contributed by atoms with Gasteiger partial charge in [-0.05, 0) is 35.9 Å². The molecule has 0 aliphatic carbocycles. The first-order valence-corrected chi connectivity index (χ1v) is 6.92. The molecule has 0 unspecified atom stereocenters. The zero-order valence-electron chi connectivity index (χ0n) is 11.9. The normalized spacial score (nSPS) is 12.1. The molecule has 108 valence electrons. The summed E-state index contributed by atoms with van der Waals surface area (Å²) in [6.45, 7) is 3.57. The van der Waals surface area contributed by atoms with E-state index in [0.29, 0.717) is 22.6 Å². The summed E-state index contributed by atoms with van der Waals surface area (Å²) in [5.74, 6) is 0.685. The molecule has 0 aliphatic heterocycles. The van der Waals surface area contributed by atoms with Gasteiger partial charge in [0, 0.05) is 11.6 Å². The van der Waals surface area contributed by atoms with Crippen molar-refractivity contribution < 1.29 is 9.52 Å². The fourth-order valence-corrected chi connectivity index (χ4v) is 2.12. The molecule has 0 radical (unpaired) electrons. The minimum Gasteiger partial charge on any atom is -0.507 e. The second kappa shape index (κ2) is 6.14. The van der Waals surface area contributed by atoms with E-state index in [4.69, 9.17) is 4.42 Å². The molecule has 0 spiro atoms. The van der Waals surface area contributed by atoms with Gasteiger partial charge in [-0.1, -0.05) is 43.0 Å². The van der Waals surface area contributed by atoms with Gasteiger partial charge in [-0.3, -0.25) is 0 Å². The Morgan fingerprint density at radius 3 is 2.68 bits per heavy atom. The first-order chi connectivity index (χ1) is 10.8. The Balaban J connectivity index is 1.91.